The minimum Gasteiger partial charge on any atom is -0.489 e. The number of nitrogens with one attached hydrogen (secondary N) is 1. The first-order chi connectivity index (χ1) is 12.0. The zero-order valence-corrected chi connectivity index (χ0v) is 14.3. The first kappa shape index (κ1) is 17.6. The summed E-state index contributed by atoms with van der Waals surface area (Å²) in [6.07, 6.45) is 0.966. The molecule has 7 nitrogen and oxygen atoms in total. The normalized spacial score (nSPS) is 21.7. The first-order valence-corrected chi connectivity index (χ1v) is 8.33. The summed E-state index contributed by atoms with van der Waals surface area (Å²) in [5, 5.41) is 12.4. The second-order valence-corrected chi connectivity index (χ2v) is 6.41. The van der Waals surface area contributed by atoms with Crippen molar-refractivity contribution in [2.45, 2.75) is 31.7 Å². The zero-order valence-electron chi connectivity index (χ0n) is 13.5. The van der Waals surface area contributed by atoms with Crippen LogP contribution in [0.1, 0.15) is 17.5 Å². The Morgan fingerprint density at radius 2 is 2.16 bits per heavy atom. The van der Waals surface area contributed by atoms with Gasteiger partial charge in [0.2, 0.25) is 0 Å². The van der Waals surface area contributed by atoms with E-state index >= 15 is 0 Å². The van der Waals surface area contributed by atoms with Crippen molar-refractivity contribution in [2.24, 2.45) is 0 Å². The van der Waals surface area contributed by atoms with E-state index in [1.807, 2.05) is 0 Å². The number of carboxylic acid groups (broad SMARTS) is 1. The number of hydrogen-bond donors (Lipinski definition) is 2. The summed E-state index contributed by atoms with van der Waals surface area (Å²) in [4.78, 5) is 24.9. The van der Waals surface area contributed by atoms with Gasteiger partial charge >= 0.3 is 12.1 Å². The Morgan fingerprint density at radius 1 is 1.40 bits per heavy atom. The van der Waals surface area contributed by atoms with Crippen molar-refractivity contribution in [3.63, 3.8) is 0 Å². The van der Waals surface area contributed by atoms with E-state index in [0.29, 0.717) is 37.0 Å². The number of aliphatic carboxylic acids is 1. The van der Waals surface area contributed by atoms with Crippen LogP contribution in [0.4, 0.5) is 4.79 Å². The predicted octanol–water partition coefficient (Wildman–Crippen LogP) is 2.17. The van der Waals surface area contributed by atoms with Gasteiger partial charge in [-0.2, -0.15) is 0 Å². The highest BCUT2D eigenvalue weighted by molar-refractivity contribution is 6.31. The number of hydrogen-bond acceptors (Lipinski definition) is 5. The monoisotopic (exact) mass is 366 g/mol. The Balaban J connectivity index is 1.65. The number of carboxylic acids is 1. The van der Waals surface area contributed by atoms with Gasteiger partial charge < -0.3 is 19.9 Å². The molecular formula is C17H19ClN2O5. The molecule has 1 aromatic carbocycles. The van der Waals surface area contributed by atoms with Crippen molar-refractivity contribution >= 4 is 23.7 Å². The lowest BCUT2D eigenvalue weighted by molar-refractivity contribution is -0.139. The molecule has 2 aliphatic rings. The molecule has 0 aromatic heterocycles. The zero-order chi connectivity index (χ0) is 18.0. The van der Waals surface area contributed by atoms with Gasteiger partial charge in [0, 0.05) is 23.6 Å². The molecule has 0 bridgehead atoms. The van der Waals surface area contributed by atoms with E-state index in [2.05, 4.69) is 11.9 Å². The second-order valence-electron chi connectivity index (χ2n) is 6.00. The third kappa shape index (κ3) is 3.72. The lowest BCUT2D eigenvalue weighted by Gasteiger charge is -2.18. The molecule has 1 fully saturated rings. The van der Waals surface area contributed by atoms with E-state index in [1.165, 1.54) is 4.90 Å². The van der Waals surface area contributed by atoms with Gasteiger partial charge in [-0.05, 0) is 17.7 Å². The SMILES string of the molecule is C=CCOc1ccc(Cl)c2c1CN(C(=O)OC1CNC(C(=O)O)C1)C2. The van der Waals surface area contributed by atoms with Crippen molar-refractivity contribution in [2.75, 3.05) is 13.2 Å². The lowest BCUT2D eigenvalue weighted by Crippen LogP contribution is -2.31. The fourth-order valence-corrected chi connectivity index (χ4v) is 3.27. The maximum Gasteiger partial charge on any atom is 0.410 e. The number of halogens is 1. The summed E-state index contributed by atoms with van der Waals surface area (Å²) in [5.41, 5.74) is 1.70. The van der Waals surface area contributed by atoms with Crippen LogP contribution >= 0.6 is 11.6 Å². The molecule has 134 valence electrons. The maximum absolute atomic E-state index is 12.4. The molecule has 1 amide bonds. The average molecular weight is 367 g/mol. The standard InChI is InChI=1S/C17H19ClN2O5/c1-2-5-24-15-4-3-13(18)11-8-20(9-12(11)15)17(23)25-10-6-14(16(21)22)19-7-10/h2-4,10,14,19H,1,5-9H2,(H,21,22). The summed E-state index contributed by atoms with van der Waals surface area (Å²) < 4.78 is 11.1. The van der Waals surface area contributed by atoms with Crippen LogP contribution in [0.5, 0.6) is 5.75 Å². The summed E-state index contributed by atoms with van der Waals surface area (Å²) in [6.45, 7) is 4.99. The quantitative estimate of drug-likeness (QED) is 0.776. The number of ether oxygens (including phenoxy) is 2. The summed E-state index contributed by atoms with van der Waals surface area (Å²) in [7, 11) is 0. The van der Waals surface area contributed by atoms with Gasteiger partial charge in [0.1, 0.15) is 24.5 Å². The number of benzene rings is 1. The number of carbonyl (C=O) groups excluding carboxylic acids is 1. The van der Waals surface area contributed by atoms with E-state index in [9.17, 15) is 9.59 Å². The minimum absolute atomic E-state index is 0.260. The fourth-order valence-electron chi connectivity index (χ4n) is 3.04. The smallest absolute Gasteiger partial charge is 0.410 e. The molecular weight excluding hydrogens is 348 g/mol. The Kier molecular flexibility index (Phi) is 5.15. The van der Waals surface area contributed by atoms with Crippen molar-refractivity contribution in [3.05, 3.63) is 40.9 Å². The topological polar surface area (TPSA) is 88.1 Å². The van der Waals surface area contributed by atoms with E-state index in [4.69, 9.17) is 26.2 Å². The van der Waals surface area contributed by atoms with E-state index in [-0.39, 0.29) is 6.42 Å². The molecule has 2 N–H and O–H groups in total. The van der Waals surface area contributed by atoms with Gasteiger partial charge in [-0.25, -0.2) is 4.79 Å². The van der Waals surface area contributed by atoms with E-state index in [0.717, 1.165) is 11.1 Å². The van der Waals surface area contributed by atoms with Crippen LogP contribution in [0.15, 0.2) is 24.8 Å². The molecule has 0 radical (unpaired) electrons. The molecule has 2 unspecified atom stereocenters. The Labute approximate surface area is 150 Å². The number of amides is 1. The van der Waals surface area contributed by atoms with Gasteiger partial charge in [-0.15, -0.1) is 0 Å². The molecule has 1 saturated heterocycles. The largest absolute Gasteiger partial charge is 0.489 e. The van der Waals surface area contributed by atoms with Crippen LogP contribution in [0.2, 0.25) is 5.02 Å². The highest BCUT2D eigenvalue weighted by Crippen LogP contribution is 2.36. The van der Waals surface area contributed by atoms with Gasteiger partial charge in [-0.1, -0.05) is 24.3 Å². The molecule has 2 aliphatic heterocycles. The molecule has 3 rings (SSSR count). The van der Waals surface area contributed by atoms with Crippen molar-refractivity contribution < 1.29 is 24.2 Å². The molecule has 0 spiro atoms. The lowest BCUT2D eigenvalue weighted by atomic mass is 10.1. The molecule has 25 heavy (non-hydrogen) atoms. The highest BCUT2D eigenvalue weighted by atomic mass is 35.5. The van der Waals surface area contributed by atoms with E-state index in [1.54, 1.807) is 18.2 Å². The van der Waals surface area contributed by atoms with Crippen molar-refractivity contribution in [1.82, 2.24) is 10.2 Å². The summed E-state index contributed by atoms with van der Waals surface area (Å²) in [5.74, 6) is -0.272. The molecule has 1 aromatic rings. The van der Waals surface area contributed by atoms with Crippen molar-refractivity contribution in [1.29, 1.82) is 0 Å². The molecule has 0 saturated carbocycles. The number of nitrogens with zero attached hydrogens (tertiary/aromatic N) is 1. The predicted molar refractivity (Wildman–Crippen MR) is 90.7 cm³/mol. The van der Waals surface area contributed by atoms with Crippen LogP contribution in [0.25, 0.3) is 0 Å². The highest BCUT2D eigenvalue weighted by Gasteiger charge is 2.35. The average Bonchev–Trinajstić information content (AvgIpc) is 3.22. The number of fused-ring (bicyclic) bond motifs is 1. The molecule has 8 heteroatoms. The summed E-state index contributed by atoms with van der Waals surface area (Å²) in [6, 6.07) is 2.84. The van der Waals surface area contributed by atoms with Gasteiger partial charge in [0.05, 0.1) is 13.1 Å². The van der Waals surface area contributed by atoms with Crippen LogP contribution in [-0.2, 0) is 22.6 Å². The van der Waals surface area contributed by atoms with Crippen molar-refractivity contribution in [3.8, 4) is 5.75 Å². The van der Waals surface area contributed by atoms with Gasteiger partial charge in [0.15, 0.2) is 0 Å². The van der Waals surface area contributed by atoms with E-state index < -0.39 is 24.2 Å². The third-order valence-corrected chi connectivity index (χ3v) is 4.65. The summed E-state index contributed by atoms with van der Waals surface area (Å²) >= 11 is 6.24. The Morgan fingerprint density at radius 3 is 2.84 bits per heavy atom. The van der Waals surface area contributed by atoms with Gasteiger partial charge in [-0.3, -0.25) is 9.69 Å². The second kappa shape index (κ2) is 7.33. The Hall–Kier alpha value is -2.25. The molecule has 0 aliphatic carbocycles. The Bertz CT molecular complexity index is 709. The molecule has 2 heterocycles. The van der Waals surface area contributed by atoms with Crippen LogP contribution in [0, 0.1) is 0 Å². The number of rotatable bonds is 5. The van der Waals surface area contributed by atoms with Gasteiger partial charge in [0.25, 0.3) is 0 Å². The fraction of sp³-hybridized carbons (Fsp3) is 0.412. The minimum atomic E-state index is -0.942. The van der Waals surface area contributed by atoms with Crippen LogP contribution < -0.4 is 10.1 Å². The maximum atomic E-state index is 12.4. The number of carbonyl (C=O) groups is 2. The first-order valence-electron chi connectivity index (χ1n) is 7.95. The molecule has 2 atom stereocenters. The third-order valence-electron chi connectivity index (χ3n) is 4.30. The van der Waals surface area contributed by atoms with Crippen LogP contribution in [-0.4, -0.2) is 47.4 Å². The van der Waals surface area contributed by atoms with Crippen LogP contribution in [0.3, 0.4) is 0 Å².